The summed E-state index contributed by atoms with van der Waals surface area (Å²) >= 11 is 0. The molecule has 0 aromatic carbocycles. The third-order valence-corrected chi connectivity index (χ3v) is 2.28. The van der Waals surface area contributed by atoms with E-state index in [4.69, 9.17) is 15.9 Å². The van der Waals surface area contributed by atoms with Gasteiger partial charge in [-0.25, -0.2) is 0 Å². The van der Waals surface area contributed by atoms with Crippen molar-refractivity contribution in [3.8, 4) is 0 Å². The van der Waals surface area contributed by atoms with Crippen LogP contribution in [0.15, 0.2) is 0 Å². The van der Waals surface area contributed by atoms with Crippen LogP contribution in [0.3, 0.4) is 0 Å². The summed E-state index contributed by atoms with van der Waals surface area (Å²) < 4.78 is 5.24. The molecular formula is C8H18ClN3O. The molecule has 0 radical (unpaired) electrons. The maximum absolute atomic E-state index is 7.19. The number of nitrogens with zero attached hydrogens (tertiary/aromatic N) is 1. The third kappa shape index (κ3) is 4.33. The first-order chi connectivity index (χ1) is 5.70. The van der Waals surface area contributed by atoms with Crippen LogP contribution in [-0.2, 0) is 4.74 Å². The molecule has 0 bridgehead atoms. The summed E-state index contributed by atoms with van der Waals surface area (Å²) in [5, 5.41) is 7.19. The van der Waals surface area contributed by atoms with Crippen LogP contribution in [0.2, 0.25) is 0 Å². The van der Waals surface area contributed by atoms with Crippen LogP contribution >= 0.6 is 12.4 Å². The highest BCUT2D eigenvalue weighted by atomic mass is 35.5. The van der Waals surface area contributed by atoms with Crippen molar-refractivity contribution in [1.29, 1.82) is 5.41 Å². The number of halogens is 1. The Bertz CT molecular complexity index is 159. The van der Waals surface area contributed by atoms with Crippen molar-refractivity contribution in [2.45, 2.75) is 12.8 Å². The number of rotatable bonds is 2. The van der Waals surface area contributed by atoms with Gasteiger partial charge in [0.15, 0.2) is 5.96 Å². The molecule has 1 aliphatic heterocycles. The van der Waals surface area contributed by atoms with Crippen LogP contribution in [0.4, 0.5) is 0 Å². The van der Waals surface area contributed by atoms with E-state index in [1.807, 2.05) is 7.05 Å². The smallest absolute Gasteiger partial charge is 0.188 e. The first-order valence-electron chi connectivity index (χ1n) is 4.33. The minimum absolute atomic E-state index is 0. The highest BCUT2D eigenvalue weighted by molar-refractivity contribution is 5.85. The second-order valence-corrected chi connectivity index (χ2v) is 3.32. The van der Waals surface area contributed by atoms with E-state index >= 15 is 0 Å². The highest BCUT2D eigenvalue weighted by Crippen LogP contribution is 2.14. The third-order valence-electron chi connectivity index (χ3n) is 2.28. The molecule has 1 aliphatic rings. The van der Waals surface area contributed by atoms with Crippen LogP contribution < -0.4 is 5.73 Å². The topological polar surface area (TPSA) is 62.3 Å². The summed E-state index contributed by atoms with van der Waals surface area (Å²) in [4.78, 5) is 1.79. The van der Waals surface area contributed by atoms with Crippen molar-refractivity contribution in [3.63, 3.8) is 0 Å². The molecule has 0 amide bonds. The van der Waals surface area contributed by atoms with Gasteiger partial charge in [0, 0.05) is 26.8 Å². The standard InChI is InChI=1S/C8H17N3O.ClH/c1-11(8(9)10)6-7-2-4-12-5-3-7;/h7H,2-6H2,1H3,(H3,9,10);1H. The van der Waals surface area contributed by atoms with Crippen LogP contribution in [0, 0.1) is 11.3 Å². The fraction of sp³-hybridized carbons (Fsp3) is 0.875. The van der Waals surface area contributed by atoms with Crippen LogP contribution in [0.1, 0.15) is 12.8 Å². The van der Waals surface area contributed by atoms with E-state index in [2.05, 4.69) is 0 Å². The van der Waals surface area contributed by atoms with E-state index in [1.54, 1.807) is 4.90 Å². The summed E-state index contributed by atoms with van der Waals surface area (Å²) in [7, 11) is 1.86. The van der Waals surface area contributed by atoms with Gasteiger partial charge in [-0.05, 0) is 18.8 Å². The average molecular weight is 208 g/mol. The van der Waals surface area contributed by atoms with Crippen molar-refractivity contribution in [3.05, 3.63) is 0 Å². The minimum atomic E-state index is 0. The Balaban J connectivity index is 0.00000144. The molecule has 1 saturated heterocycles. The zero-order chi connectivity index (χ0) is 8.97. The van der Waals surface area contributed by atoms with Gasteiger partial charge in [-0.15, -0.1) is 12.4 Å². The predicted molar refractivity (Wildman–Crippen MR) is 55.3 cm³/mol. The molecular weight excluding hydrogens is 190 g/mol. The van der Waals surface area contributed by atoms with Gasteiger partial charge in [-0.1, -0.05) is 0 Å². The molecule has 78 valence electrons. The van der Waals surface area contributed by atoms with E-state index < -0.39 is 0 Å². The van der Waals surface area contributed by atoms with Crippen molar-refractivity contribution in [1.82, 2.24) is 4.90 Å². The first kappa shape index (κ1) is 12.5. The van der Waals surface area contributed by atoms with Gasteiger partial charge in [0.05, 0.1) is 0 Å². The lowest BCUT2D eigenvalue weighted by Gasteiger charge is -2.27. The minimum Gasteiger partial charge on any atom is -0.381 e. The summed E-state index contributed by atoms with van der Waals surface area (Å²) in [6.07, 6.45) is 2.19. The van der Waals surface area contributed by atoms with E-state index in [0.29, 0.717) is 5.92 Å². The highest BCUT2D eigenvalue weighted by Gasteiger charge is 2.15. The monoisotopic (exact) mass is 207 g/mol. The molecule has 0 atom stereocenters. The molecule has 0 spiro atoms. The first-order valence-corrected chi connectivity index (χ1v) is 4.33. The molecule has 1 rings (SSSR count). The van der Waals surface area contributed by atoms with Gasteiger partial charge in [0.2, 0.25) is 0 Å². The van der Waals surface area contributed by atoms with Gasteiger partial charge in [0.1, 0.15) is 0 Å². The van der Waals surface area contributed by atoms with E-state index in [0.717, 1.165) is 32.6 Å². The molecule has 0 aromatic rings. The number of nitrogens with one attached hydrogen (secondary N) is 1. The molecule has 0 unspecified atom stereocenters. The number of nitrogens with two attached hydrogens (primary N) is 1. The molecule has 13 heavy (non-hydrogen) atoms. The van der Waals surface area contributed by atoms with Crippen molar-refractivity contribution in [2.24, 2.45) is 11.7 Å². The fourth-order valence-corrected chi connectivity index (χ4v) is 1.41. The van der Waals surface area contributed by atoms with Crippen LogP contribution in [0.5, 0.6) is 0 Å². The Morgan fingerprint density at radius 2 is 2.08 bits per heavy atom. The molecule has 5 heteroatoms. The number of guanidine groups is 1. The van der Waals surface area contributed by atoms with E-state index in [9.17, 15) is 0 Å². The SMILES string of the molecule is CN(CC1CCOCC1)C(=N)N.Cl. The molecule has 4 nitrogen and oxygen atoms in total. The predicted octanol–water partition coefficient (Wildman–Crippen LogP) is 0.660. The fourth-order valence-electron chi connectivity index (χ4n) is 1.41. The quantitative estimate of drug-likeness (QED) is 0.517. The lowest BCUT2D eigenvalue weighted by Crippen LogP contribution is -2.37. The summed E-state index contributed by atoms with van der Waals surface area (Å²) in [6.45, 7) is 2.60. The second kappa shape index (κ2) is 6.05. The van der Waals surface area contributed by atoms with Gasteiger partial charge >= 0.3 is 0 Å². The molecule has 0 aliphatic carbocycles. The zero-order valence-corrected chi connectivity index (χ0v) is 8.77. The van der Waals surface area contributed by atoms with Gasteiger partial charge in [-0.2, -0.15) is 0 Å². The van der Waals surface area contributed by atoms with Crippen molar-refractivity contribution < 1.29 is 4.74 Å². The molecule has 0 aromatic heterocycles. The maximum atomic E-state index is 7.19. The Labute approximate surface area is 85.3 Å². The average Bonchev–Trinajstić information content (AvgIpc) is 2.06. The Kier molecular flexibility index (Phi) is 5.82. The molecule has 3 N–H and O–H groups in total. The lowest BCUT2D eigenvalue weighted by molar-refractivity contribution is 0.0611. The van der Waals surface area contributed by atoms with Crippen molar-refractivity contribution in [2.75, 3.05) is 26.8 Å². The maximum Gasteiger partial charge on any atom is 0.188 e. The number of hydrogen-bond donors (Lipinski definition) is 2. The van der Waals surface area contributed by atoms with E-state index in [1.165, 1.54) is 0 Å². The van der Waals surface area contributed by atoms with Gasteiger partial charge in [-0.3, -0.25) is 5.41 Å². The lowest BCUT2D eigenvalue weighted by atomic mass is 10.0. The largest absolute Gasteiger partial charge is 0.381 e. The number of hydrogen-bond acceptors (Lipinski definition) is 2. The van der Waals surface area contributed by atoms with Crippen LogP contribution in [-0.4, -0.2) is 37.7 Å². The van der Waals surface area contributed by atoms with Gasteiger partial charge in [0.25, 0.3) is 0 Å². The zero-order valence-electron chi connectivity index (χ0n) is 7.95. The Morgan fingerprint density at radius 1 is 1.54 bits per heavy atom. The normalized spacial score (nSPS) is 17.6. The molecule has 1 fully saturated rings. The van der Waals surface area contributed by atoms with E-state index in [-0.39, 0.29) is 18.4 Å². The summed E-state index contributed by atoms with van der Waals surface area (Å²) in [5.74, 6) is 0.800. The summed E-state index contributed by atoms with van der Waals surface area (Å²) in [6, 6.07) is 0. The second-order valence-electron chi connectivity index (χ2n) is 3.32. The van der Waals surface area contributed by atoms with Crippen molar-refractivity contribution >= 4 is 18.4 Å². The Morgan fingerprint density at radius 3 is 2.54 bits per heavy atom. The summed E-state index contributed by atoms with van der Waals surface area (Å²) in [5.41, 5.74) is 5.33. The van der Waals surface area contributed by atoms with Gasteiger partial charge < -0.3 is 15.4 Å². The Hall–Kier alpha value is -0.480. The van der Waals surface area contributed by atoms with Crippen LogP contribution in [0.25, 0.3) is 0 Å². The number of ether oxygens (including phenoxy) is 1. The molecule has 1 heterocycles. The molecule has 0 saturated carbocycles.